The van der Waals surface area contributed by atoms with Crippen LogP contribution in [0.1, 0.15) is 38.4 Å². The fourth-order valence-electron chi connectivity index (χ4n) is 3.57. The van der Waals surface area contributed by atoms with Crippen LogP contribution in [-0.2, 0) is 6.54 Å². The van der Waals surface area contributed by atoms with Gasteiger partial charge in [0.25, 0.3) is 0 Å². The van der Waals surface area contributed by atoms with Crippen LogP contribution >= 0.6 is 0 Å². The highest BCUT2D eigenvalue weighted by Gasteiger charge is 2.23. The van der Waals surface area contributed by atoms with Gasteiger partial charge in [-0.15, -0.1) is 0 Å². The largest absolute Gasteiger partial charge is 0.435 e. The minimum absolute atomic E-state index is 0.157. The Kier molecular flexibility index (Phi) is 7.82. The lowest BCUT2D eigenvalue weighted by molar-refractivity contribution is 0.0980. The molecule has 5 nitrogen and oxygen atoms in total. The standard InChI is InChI=1S/C25H32FN3O2/c1-5-21(30)16-28(15-18(2)3)17-22-19(4)27-29(20-11-7-6-8-12-20)25(22)31-24-14-10-9-13-23(24)26/h6-14,18,21,30H,5,15-17H2,1-4H3/t21-/m1/s1. The zero-order chi connectivity index (χ0) is 22.4. The van der Waals surface area contributed by atoms with Crippen LogP contribution in [0.15, 0.2) is 54.6 Å². The van der Waals surface area contributed by atoms with Crippen molar-refractivity contribution in [2.75, 3.05) is 13.1 Å². The average molecular weight is 426 g/mol. The minimum Gasteiger partial charge on any atom is -0.435 e. The second-order valence-electron chi connectivity index (χ2n) is 8.30. The molecular formula is C25H32FN3O2. The first-order valence-corrected chi connectivity index (χ1v) is 10.9. The Bertz CT molecular complexity index is 972. The molecule has 0 unspecified atom stereocenters. The van der Waals surface area contributed by atoms with Gasteiger partial charge in [0.2, 0.25) is 5.88 Å². The van der Waals surface area contributed by atoms with E-state index in [-0.39, 0.29) is 5.75 Å². The lowest BCUT2D eigenvalue weighted by Crippen LogP contribution is -2.34. The summed E-state index contributed by atoms with van der Waals surface area (Å²) >= 11 is 0. The van der Waals surface area contributed by atoms with Gasteiger partial charge in [0.05, 0.1) is 23.0 Å². The molecule has 0 saturated carbocycles. The van der Waals surface area contributed by atoms with E-state index in [4.69, 9.17) is 9.84 Å². The van der Waals surface area contributed by atoms with Gasteiger partial charge in [-0.3, -0.25) is 4.90 Å². The molecule has 0 radical (unpaired) electrons. The molecule has 0 aliphatic rings. The number of aliphatic hydroxyl groups is 1. The quantitative estimate of drug-likeness (QED) is 0.476. The number of hydrogen-bond acceptors (Lipinski definition) is 4. The van der Waals surface area contributed by atoms with Crippen molar-refractivity contribution in [2.24, 2.45) is 5.92 Å². The molecule has 166 valence electrons. The highest BCUT2D eigenvalue weighted by Crippen LogP contribution is 2.33. The monoisotopic (exact) mass is 425 g/mol. The van der Waals surface area contributed by atoms with Crippen LogP contribution in [0.4, 0.5) is 4.39 Å². The SMILES string of the molecule is CC[C@@H](O)CN(Cc1c(C)nn(-c2ccccc2)c1Oc1ccccc1F)CC(C)C. The molecule has 1 aromatic heterocycles. The maximum atomic E-state index is 14.4. The van der Waals surface area contributed by atoms with Crippen molar-refractivity contribution in [3.8, 4) is 17.3 Å². The number of halogens is 1. The Hall–Kier alpha value is -2.70. The van der Waals surface area contributed by atoms with Crippen LogP contribution < -0.4 is 4.74 Å². The predicted molar refractivity (Wildman–Crippen MR) is 121 cm³/mol. The topological polar surface area (TPSA) is 50.5 Å². The lowest BCUT2D eigenvalue weighted by Gasteiger charge is -2.26. The molecule has 1 N–H and O–H groups in total. The molecule has 0 aliphatic heterocycles. The van der Waals surface area contributed by atoms with Gasteiger partial charge in [0.15, 0.2) is 11.6 Å². The molecule has 0 saturated heterocycles. The third-order valence-electron chi connectivity index (χ3n) is 5.13. The van der Waals surface area contributed by atoms with Crippen molar-refractivity contribution in [2.45, 2.75) is 46.8 Å². The number of aromatic nitrogens is 2. The number of rotatable bonds is 10. The van der Waals surface area contributed by atoms with E-state index in [1.807, 2.05) is 44.2 Å². The van der Waals surface area contributed by atoms with Crippen LogP contribution in [0.25, 0.3) is 5.69 Å². The van der Waals surface area contributed by atoms with Crippen LogP contribution in [-0.4, -0.2) is 39.0 Å². The van der Waals surface area contributed by atoms with E-state index >= 15 is 0 Å². The lowest BCUT2D eigenvalue weighted by atomic mass is 10.1. The zero-order valence-electron chi connectivity index (χ0n) is 18.8. The number of nitrogens with zero attached hydrogens (tertiary/aromatic N) is 3. The fraction of sp³-hybridized carbons (Fsp3) is 0.400. The summed E-state index contributed by atoms with van der Waals surface area (Å²) < 4.78 is 22.2. The first-order chi connectivity index (χ1) is 14.9. The summed E-state index contributed by atoms with van der Waals surface area (Å²) in [5.41, 5.74) is 2.54. The molecule has 1 heterocycles. The summed E-state index contributed by atoms with van der Waals surface area (Å²) in [6.45, 7) is 10.2. The van der Waals surface area contributed by atoms with Gasteiger partial charge in [-0.25, -0.2) is 9.07 Å². The van der Waals surface area contributed by atoms with E-state index in [9.17, 15) is 9.50 Å². The average Bonchev–Trinajstić information content (AvgIpc) is 3.05. The van der Waals surface area contributed by atoms with Crippen molar-refractivity contribution in [3.05, 3.63) is 71.7 Å². The van der Waals surface area contributed by atoms with Crippen LogP contribution in [0.2, 0.25) is 0 Å². The highest BCUT2D eigenvalue weighted by atomic mass is 19.1. The summed E-state index contributed by atoms with van der Waals surface area (Å²) in [5.74, 6) is 0.662. The Morgan fingerprint density at radius 2 is 1.74 bits per heavy atom. The molecular weight excluding hydrogens is 393 g/mol. The maximum absolute atomic E-state index is 14.4. The van der Waals surface area contributed by atoms with Crippen LogP contribution in [0.3, 0.4) is 0 Å². The fourth-order valence-corrected chi connectivity index (χ4v) is 3.57. The molecule has 3 aromatic rings. The van der Waals surface area contributed by atoms with Crippen LogP contribution in [0.5, 0.6) is 11.6 Å². The van der Waals surface area contributed by atoms with Gasteiger partial charge >= 0.3 is 0 Å². The van der Waals surface area contributed by atoms with Crippen LogP contribution in [0, 0.1) is 18.7 Å². The predicted octanol–water partition coefficient (Wildman–Crippen LogP) is 5.34. The summed E-state index contributed by atoms with van der Waals surface area (Å²) in [4.78, 5) is 2.21. The summed E-state index contributed by atoms with van der Waals surface area (Å²) in [5, 5.41) is 15.0. The normalized spacial score (nSPS) is 12.5. The van der Waals surface area contributed by atoms with Gasteiger partial charge in [-0.2, -0.15) is 5.10 Å². The van der Waals surface area contributed by atoms with Crippen molar-refractivity contribution < 1.29 is 14.2 Å². The Labute approximate surface area is 184 Å². The number of ether oxygens (including phenoxy) is 1. The molecule has 1 atom stereocenters. The smallest absolute Gasteiger partial charge is 0.227 e. The molecule has 2 aromatic carbocycles. The second kappa shape index (κ2) is 10.6. The maximum Gasteiger partial charge on any atom is 0.227 e. The molecule has 3 rings (SSSR count). The van der Waals surface area contributed by atoms with E-state index in [0.717, 1.165) is 23.5 Å². The molecule has 31 heavy (non-hydrogen) atoms. The van der Waals surface area contributed by atoms with Gasteiger partial charge < -0.3 is 9.84 Å². The van der Waals surface area contributed by atoms with Gasteiger partial charge in [0.1, 0.15) is 0 Å². The van der Waals surface area contributed by atoms with E-state index < -0.39 is 11.9 Å². The third-order valence-corrected chi connectivity index (χ3v) is 5.13. The molecule has 0 fully saturated rings. The first-order valence-electron chi connectivity index (χ1n) is 10.9. The summed E-state index contributed by atoms with van der Waals surface area (Å²) in [7, 11) is 0. The Balaban J connectivity index is 2.03. The Morgan fingerprint density at radius 1 is 1.06 bits per heavy atom. The van der Waals surface area contributed by atoms with E-state index in [2.05, 4.69) is 18.7 Å². The van der Waals surface area contributed by atoms with Gasteiger partial charge in [-0.05, 0) is 43.5 Å². The number of hydrogen-bond donors (Lipinski definition) is 1. The van der Waals surface area contributed by atoms with Gasteiger partial charge in [0, 0.05) is 19.6 Å². The third kappa shape index (κ3) is 5.93. The van der Waals surface area contributed by atoms with E-state index in [1.165, 1.54) is 6.07 Å². The Morgan fingerprint density at radius 3 is 2.39 bits per heavy atom. The summed E-state index contributed by atoms with van der Waals surface area (Å²) in [6.07, 6.45) is 0.286. The van der Waals surface area contributed by atoms with Gasteiger partial charge in [-0.1, -0.05) is 51.1 Å². The number of para-hydroxylation sites is 2. The van der Waals surface area contributed by atoms with E-state index in [0.29, 0.717) is 31.3 Å². The number of aryl methyl sites for hydroxylation is 1. The highest BCUT2D eigenvalue weighted by molar-refractivity contribution is 5.43. The molecule has 6 heteroatoms. The number of benzene rings is 2. The minimum atomic E-state index is -0.424. The molecule has 0 bridgehead atoms. The van der Waals surface area contributed by atoms with E-state index in [1.54, 1.807) is 22.9 Å². The summed E-state index contributed by atoms with van der Waals surface area (Å²) in [6, 6.07) is 16.1. The molecule has 0 spiro atoms. The second-order valence-corrected chi connectivity index (χ2v) is 8.30. The van der Waals surface area contributed by atoms with Crippen molar-refractivity contribution in [1.29, 1.82) is 0 Å². The molecule has 0 aliphatic carbocycles. The van der Waals surface area contributed by atoms with Crippen molar-refractivity contribution in [1.82, 2.24) is 14.7 Å². The number of aliphatic hydroxyl groups excluding tert-OH is 1. The zero-order valence-corrected chi connectivity index (χ0v) is 18.8. The first kappa shape index (κ1) is 23.0. The van der Waals surface area contributed by atoms with Crippen molar-refractivity contribution in [3.63, 3.8) is 0 Å². The van der Waals surface area contributed by atoms with Crippen molar-refractivity contribution >= 4 is 0 Å². The molecule has 0 amide bonds.